The van der Waals surface area contributed by atoms with Gasteiger partial charge in [0.15, 0.2) is 0 Å². The molecule has 0 saturated carbocycles. The number of esters is 1. The second-order valence-corrected chi connectivity index (χ2v) is 6.41. The Balaban J connectivity index is 2.40. The van der Waals surface area contributed by atoms with Crippen LogP contribution >= 0.6 is 0 Å². The Labute approximate surface area is 124 Å². The first-order chi connectivity index (χ1) is 9.69. The van der Waals surface area contributed by atoms with Gasteiger partial charge in [0.2, 0.25) is 0 Å². The Bertz CT molecular complexity index is 576. The number of nitrogens with zero attached hydrogens (tertiary/aromatic N) is 1. The highest BCUT2D eigenvalue weighted by Gasteiger charge is 2.48. The van der Waals surface area contributed by atoms with Crippen molar-refractivity contribution < 1.29 is 19.1 Å². The molecule has 1 aromatic rings. The molecule has 0 aromatic heterocycles. The highest BCUT2D eigenvalue weighted by Crippen LogP contribution is 2.41. The van der Waals surface area contributed by atoms with Gasteiger partial charge in [-0.15, -0.1) is 0 Å². The van der Waals surface area contributed by atoms with Crippen molar-refractivity contribution in [3.63, 3.8) is 0 Å². The van der Waals surface area contributed by atoms with Crippen molar-refractivity contribution in [3.8, 4) is 0 Å². The van der Waals surface area contributed by atoms with Gasteiger partial charge in [-0.05, 0) is 39.3 Å². The monoisotopic (exact) mass is 291 g/mol. The number of rotatable bonds is 1. The van der Waals surface area contributed by atoms with Gasteiger partial charge in [-0.3, -0.25) is 9.69 Å². The summed E-state index contributed by atoms with van der Waals surface area (Å²) in [5.41, 5.74) is 0.0146. The molecule has 0 radical (unpaired) electrons. The van der Waals surface area contributed by atoms with Gasteiger partial charge in [0.25, 0.3) is 0 Å². The minimum absolute atomic E-state index is 0.216. The number of benzene rings is 1. The Hall–Kier alpha value is -2.04. The molecule has 1 aromatic carbocycles. The van der Waals surface area contributed by atoms with E-state index in [1.807, 2.05) is 45.0 Å². The van der Waals surface area contributed by atoms with E-state index in [0.717, 1.165) is 5.56 Å². The maximum Gasteiger partial charge on any atom is 0.414 e. The zero-order valence-electron chi connectivity index (χ0n) is 13.1. The predicted molar refractivity (Wildman–Crippen MR) is 79.4 cm³/mol. The fraction of sp³-hybridized carbons (Fsp3) is 0.500. The van der Waals surface area contributed by atoms with Crippen LogP contribution < -0.4 is 4.90 Å². The van der Waals surface area contributed by atoms with Gasteiger partial charge in [0, 0.05) is 6.54 Å². The maximum atomic E-state index is 12.4. The predicted octanol–water partition coefficient (Wildman–Crippen LogP) is 2.87. The molecular weight excluding hydrogens is 270 g/mol. The van der Waals surface area contributed by atoms with E-state index >= 15 is 0 Å². The second-order valence-electron chi connectivity index (χ2n) is 6.41. The normalized spacial score (nSPS) is 20.9. The summed E-state index contributed by atoms with van der Waals surface area (Å²) in [6.07, 6.45) is -0.456. The van der Waals surface area contributed by atoms with E-state index in [1.165, 1.54) is 12.0 Å². The number of fused-ring (bicyclic) bond motifs is 1. The smallest absolute Gasteiger partial charge is 0.414 e. The number of hydrogen-bond acceptors (Lipinski definition) is 4. The van der Waals surface area contributed by atoms with E-state index in [4.69, 9.17) is 9.47 Å². The first-order valence-corrected chi connectivity index (χ1v) is 6.87. The molecule has 114 valence electrons. The number of para-hydroxylation sites is 1. The SMILES string of the molecule is COC(=O)C1(C)CN(C(=O)OC(C)(C)C)c2ccccc21. The minimum Gasteiger partial charge on any atom is -0.468 e. The standard InChI is InChI=1S/C16H21NO4/c1-15(2,3)21-14(19)17-10-16(4,13(18)20-5)11-8-6-7-9-12(11)17/h6-9H,10H2,1-5H3. The van der Waals surface area contributed by atoms with Crippen LogP contribution in [-0.2, 0) is 19.7 Å². The van der Waals surface area contributed by atoms with Crippen molar-refractivity contribution in [1.29, 1.82) is 0 Å². The lowest BCUT2D eigenvalue weighted by Crippen LogP contribution is -2.42. The van der Waals surface area contributed by atoms with Gasteiger partial charge in [0.1, 0.15) is 11.0 Å². The highest BCUT2D eigenvalue weighted by atomic mass is 16.6. The molecule has 5 nitrogen and oxygen atoms in total. The summed E-state index contributed by atoms with van der Waals surface area (Å²) in [6.45, 7) is 7.43. The number of hydrogen-bond donors (Lipinski definition) is 0. The molecule has 0 aliphatic carbocycles. The van der Waals surface area contributed by atoms with Crippen LogP contribution in [0.5, 0.6) is 0 Å². The van der Waals surface area contributed by atoms with Gasteiger partial charge in [0.05, 0.1) is 12.8 Å². The Morgan fingerprint density at radius 2 is 1.86 bits per heavy atom. The first-order valence-electron chi connectivity index (χ1n) is 6.87. The largest absolute Gasteiger partial charge is 0.468 e. The Kier molecular flexibility index (Phi) is 3.70. The number of amides is 1. The molecule has 0 N–H and O–H groups in total. The average Bonchev–Trinajstić information content (AvgIpc) is 2.72. The number of carbonyl (C=O) groups excluding carboxylic acids is 2. The minimum atomic E-state index is -0.873. The molecule has 1 atom stereocenters. The molecule has 0 fully saturated rings. The molecule has 1 heterocycles. The number of carbonyl (C=O) groups is 2. The highest BCUT2D eigenvalue weighted by molar-refractivity contribution is 5.98. The van der Waals surface area contributed by atoms with Crippen molar-refractivity contribution >= 4 is 17.7 Å². The lowest BCUT2D eigenvalue weighted by molar-refractivity contribution is -0.146. The molecule has 2 rings (SSSR count). The van der Waals surface area contributed by atoms with E-state index in [-0.39, 0.29) is 12.5 Å². The zero-order valence-corrected chi connectivity index (χ0v) is 13.1. The quantitative estimate of drug-likeness (QED) is 0.747. The van der Waals surface area contributed by atoms with Crippen LogP contribution in [0.1, 0.15) is 33.3 Å². The van der Waals surface area contributed by atoms with Crippen molar-refractivity contribution in [2.24, 2.45) is 0 Å². The van der Waals surface area contributed by atoms with Gasteiger partial charge in [-0.2, -0.15) is 0 Å². The van der Waals surface area contributed by atoms with E-state index in [1.54, 1.807) is 6.92 Å². The zero-order chi connectivity index (χ0) is 15.8. The molecule has 0 saturated heterocycles. The third-order valence-electron chi connectivity index (χ3n) is 3.51. The molecular formula is C16H21NO4. The summed E-state index contributed by atoms with van der Waals surface area (Å²) < 4.78 is 10.3. The Morgan fingerprint density at radius 1 is 1.24 bits per heavy atom. The van der Waals surface area contributed by atoms with Crippen molar-refractivity contribution in [1.82, 2.24) is 0 Å². The summed E-state index contributed by atoms with van der Waals surface area (Å²) in [7, 11) is 1.35. The third kappa shape index (κ3) is 2.73. The summed E-state index contributed by atoms with van der Waals surface area (Å²) in [4.78, 5) is 26.0. The van der Waals surface area contributed by atoms with E-state index in [0.29, 0.717) is 5.69 Å². The third-order valence-corrected chi connectivity index (χ3v) is 3.51. The van der Waals surface area contributed by atoms with Gasteiger partial charge >= 0.3 is 12.1 Å². The summed E-state index contributed by atoms with van der Waals surface area (Å²) in [5, 5.41) is 0. The maximum absolute atomic E-state index is 12.4. The summed E-state index contributed by atoms with van der Waals surface area (Å²) in [6, 6.07) is 7.34. The summed E-state index contributed by atoms with van der Waals surface area (Å²) >= 11 is 0. The number of anilines is 1. The van der Waals surface area contributed by atoms with Gasteiger partial charge in [-0.1, -0.05) is 18.2 Å². The lowest BCUT2D eigenvalue weighted by Gasteiger charge is -2.26. The van der Waals surface area contributed by atoms with E-state index in [9.17, 15) is 9.59 Å². The fourth-order valence-electron chi connectivity index (χ4n) is 2.54. The van der Waals surface area contributed by atoms with Crippen LogP contribution in [-0.4, -0.2) is 31.3 Å². The molecule has 5 heteroatoms. The topological polar surface area (TPSA) is 55.8 Å². The van der Waals surface area contributed by atoms with E-state index < -0.39 is 17.1 Å². The fourth-order valence-corrected chi connectivity index (χ4v) is 2.54. The Morgan fingerprint density at radius 3 is 2.43 bits per heavy atom. The second kappa shape index (κ2) is 5.06. The van der Waals surface area contributed by atoms with Gasteiger partial charge in [-0.25, -0.2) is 4.79 Å². The molecule has 1 aliphatic rings. The van der Waals surface area contributed by atoms with Crippen LogP contribution in [0.2, 0.25) is 0 Å². The van der Waals surface area contributed by atoms with Crippen LogP contribution in [0.3, 0.4) is 0 Å². The molecule has 0 bridgehead atoms. The van der Waals surface area contributed by atoms with E-state index in [2.05, 4.69) is 0 Å². The van der Waals surface area contributed by atoms with Crippen LogP contribution in [0, 0.1) is 0 Å². The van der Waals surface area contributed by atoms with Crippen molar-refractivity contribution in [2.75, 3.05) is 18.6 Å². The molecule has 1 aliphatic heterocycles. The molecule has 21 heavy (non-hydrogen) atoms. The van der Waals surface area contributed by atoms with Crippen LogP contribution in [0.15, 0.2) is 24.3 Å². The first kappa shape index (κ1) is 15.4. The lowest BCUT2D eigenvalue weighted by atomic mass is 9.85. The van der Waals surface area contributed by atoms with Gasteiger partial charge < -0.3 is 9.47 Å². The van der Waals surface area contributed by atoms with Crippen molar-refractivity contribution in [3.05, 3.63) is 29.8 Å². The number of methoxy groups -OCH3 is 1. The van der Waals surface area contributed by atoms with Crippen LogP contribution in [0.4, 0.5) is 10.5 Å². The summed E-state index contributed by atoms with van der Waals surface area (Å²) in [5.74, 6) is -0.360. The molecule has 1 amide bonds. The van der Waals surface area contributed by atoms with Crippen LogP contribution in [0.25, 0.3) is 0 Å². The number of ether oxygens (including phenoxy) is 2. The van der Waals surface area contributed by atoms with Crippen molar-refractivity contribution in [2.45, 2.75) is 38.7 Å². The average molecular weight is 291 g/mol. The molecule has 0 spiro atoms. The molecule has 1 unspecified atom stereocenters.